The van der Waals surface area contributed by atoms with E-state index in [-0.39, 0.29) is 10.2 Å². The minimum absolute atomic E-state index is 0.0175. The third kappa shape index (κ3) is 2.63. The summed E-state index contributed by atoms with van der Waals surface area (Å²) in [4.78, 5) is 9.26. The first-order valence-electron chi connectivity index (χ1n) is 3.74. The monoisotopic (exact) mass is 329 g/mol. The van der Waals surface area contributed by atoms with Crippen molar-refractivity contribution in [2.45, 2.75) is 4.90 Å². The lowest BCUT2D eigenvalue weighted by Crippen LogP contribution is -2.00. The van der Waals surface area contributed by atoms with E-state index >= 15 is 0 Å². The van der Waals surface area contributed by atoms with Crippen LogP contribution >= 0.6 is 26.6 Å². The van der Waals surface area contributed by atoms with E-state index in [1.165, 1.54) is 13.2 Å². The van der Waals surface area contributed by atoms with Crippen LogP contribution in [-0.4, -0.2) is 20.5 Å². The molecule has 0 aliphatic carbocycles. The first-order chi connectivity index (χ1) is 7.27. The topological polar surface area (TPSA) is 86.5 Å². The fourth-order valence-corrected chi connectivity index (χ4v) is 2.77. The van der Waals surface area contributed by atoms with Crippen LogP contribution in [0.4, 0.5) is 5.69 Å². The van der Waals surface area contributed by atoms with Crippen molar-refractivity contribution in [3.63, 3.8) is 0 Å². The van der Waals surface area contributed by atoms with Gasteiger partial charge in [0.15, 0.2) is 4.90 Å². The summed E-state index contributed by atoms with van der Waals surface area (Å²) in [5.74, 6) is 0.150. The van der Waals surface area contributed by atoms with E-state index in [9.17, 15) is 18.5 Å². The molecule has 9 heteroatoms. The van der Waals surface area contributed by atoms with E-state index in [1.807, 2.05) is 0 Å². The van der Waals surface area contributed by atoms with E-state index in [2.05, 4.69) is 15.9 Å². The molecular weight excluding hydrogens is 326 g/mol. The quantitative estimate of drug-likeness (QED) is 0.482. The Kier molecular flexibility index (Phi) is 3.76. The van der Waals surface area contributed by atoms with Crippen molar-refractivity contribution in [3.8, 4) is 5.75 Å². The molecule has 0 N–H and O–H groups in total. The molecule has 1 rings (SSSR count). The Morgan fingerprint density at radius 2 is 2.06 bits per heavy atom. The van der Waals surface area contributed by atoms with Gasteiger partial charge < -0.3 is 4.74 Å². The Labute approximate surface area is 104 Å². The van der Waals surface area contributed by atoms with Gasteiger partial charge in [-0.15, -0.1) is 0 Å². The maximum Gasteiger partial charge on any atom is 0.303 e. The molecule has 1 aromatic rings. The molecule has 0 saturated heterocycles. The number of rotatable bonds is 3. The van der Waals surface area contributed by atoms with Gasteiger partial charge in [-0.2, -0.15) is 0 Å². The van der Waals surface area contributed by atoms with Crippen molar-refractivity contribution < 1.29 is 18.1 Å². The lowest BCUT2D eigenvalue weighted by atomic mass is 10.3. The third-order valence-electron chi connectivity index (χ3n) is 1.68. The van der Waals surface area contributed by atoms with Crippen LogP contribution < -0.4 is 4.74 Å². The molecule has 0 heterocycles. The predicted octanol–water partition coefficient (Wildman–Crippen LogP) is 2.29. The zero-order valence-electron chi connectivity index (χ0n) is 7.81. The average Bonchev–Trinajstić information content (AvgIpc) is 2.14. The van der Waals surface area contributed by atoms with Gasteiger partial charge in [-0.05, 0) is 15.9 Å². The molecule has 0 atom stereocenters. The van der Waals surface area contributed by atoms with Gasteiger partial charge in [-0.3, -0.25) is 10.1 Å². The number of ether oxygens (including phenoxy) is 1. The molecule has 16 heavy (non-hydrogen) atoms. The van der Waals surface area contributed by atoms with Crippen LogP contribution in [0.15, 0.2) is 21.5 Å². The molecule has 0 fully saturated rings. The van der Waals surface area contributed by atoms with Crippen LogP contribution in [0.2, 0.25) is 0 Å². The highest BCUT2D eigenvalue weighted by molar-refractivity contribution is 9.10. The van der Waals surface area contributed by atoms with E-state index in [0.29, 0.717) is 0 Å². The molecule has 0 unspecified atom stereocenters. The Morgan fingerprint density at radius 3 is 2.44 bits per heavy atom. The Morgan fingerprint density at radius 1 is 1.50 bits per heavy atom. The van der Waals surface area contributed by atoms with Crippen molar-refractivity contribution in [3.05, 3.63) is 26.7 Å². The molecule has 0 amide bonds. The van der Waals surface area contributed by atoms with Crippen LogP contribution in [0.3, 0.4) is 0 Å². The number of nitrogens with zero attached hydrogens (tertiary/aromatic N) is 1. The van der Waals surface area contributed by atoms with Crippen molar-refractivity contribution >= 4 is 41.4 Å². The van der Waals surface area contributed by atoms with Crippen LogP contribution in [0.25, 0.3) is 0 Å². The lowest BCUT2D eigenvalue weighted by Gasteiger charge is -2.05. The van der Waals surface area contributed by atoms with Gasteiger partial charge in [-0.1, -0.05) is 0 Å². The Bertz CT molecular complexity index is 544. The summed E-state index contributed by atoms with van der Waals surface area (Å²) >= 11 is 2.89. The van der Waals surface area contributed by atoms with Gasteiger partial charge in [0.2, 0.25) is 0 Å². The fraction of sp³-hybridized carbons (Fsp3) is 0.143. The summed E-state index contributed by atoms with van der Waals surface area (Å²) in [5.41, 5.74) is -0.615. The summed E-state index contributed by atoms with van der Waals surface area (Å²) in [7, 11) is 2.19. The van der Waals surface area contributed by atoms with Crippen molar-refractivity contribution in [2.75, 3.05) is 7.11 Å². The number of benzene rings is 1. The predicted molar refractivity (Wildman–Crippen MR) is 60.4 cm³/mol. The van der Waals surface area contributed by atoms with E-state index in [0.717, 1.165) is 6.07 Å². The van der Waals surface area contributed by atoms with Gasteiger partial charge in [0.05, 0.1) is 12.0 Å². The first-order valence-corrected chi connectivity index (χ1v) is 6.84. The summed E-state index contributed by atoms with van der Waals surface area (Å²) in [5, 5.41) is 10.7. The maximum atomic E-state index is 11.2. The van der Waals surface area contributed by atoms with Crippen molar-refractivity contribution in [1.29, 1.82) is 0 Å². The molecule has 0 spiro atoms. The molecule has 0 aliphatic rings. The molecular formula is C7H5BrClNO5S. The summed E-state index contributed by atoms with van der Waals surface area (Å²) in [6, 6.07) is 2.27. The van der Waals surface area contributed by atoms with Crippen LogP contribution in [0.5, 0.6) is 5.75 Å². The molecule has 0 aromatic heterocycles. The van der Waals surface area contributed by atoms with Crippen LogP contribution in [0.1, 0.15) is 0 Å². The normalized spacial score (nSPS) is 11.2. The van der Waals surface area contributed by atoms with Gasteiger partial charge >= 0.3 is 5.69 Å². The third-order valence-corrected chi connectivity index (χ3v) is 3.62. The SMILES string of the molecule is COc1cc(Br)c([N+](=O)[O-])c(S(=O)(=O)Cl)c1. The van der Waals surface area contributed by atoms with Crippen LogP contribution in [-0.2, 0) is 9.05 Å². The van der Waals surface area contributed by atoms with E-state index in [4.69, 9.17) is 15.4 Å². The second-order valence-corrected chi connectivity index (χ2v) is 6.04. The fourth-order valence-electron chi connectivity index (χ4n) is 1.03. The number of halogens is 2. The summed E-state index contributed by atoms with van der Waals surface area (Å²) in [6.45, 7) is 0. The Balaban J connectivity index is 3.67. The number of methoxy groups -OCH3 is 1. The zero-order chi connectivity index (χ0) is 12.5. The highest BCUT2D eigenvalue weighted by Gasteiger charge is 2.28. The van der Waals surface area contributed by atoms with E-state index < -0.39 is 24.6 Å². The van der Waals surface area contributed by atoms with Gasteiger partial charge in [0.1, 0.15) is 10.2 Å². The van der Waals surface area contributed by atoms with Gasteiger partial charge in [0.25, 0.3) is 9.05 Å². The standard InChI is InChI=1S/C7H5BrClNO5S/c1-15-4-2-5(8)7(10(11)12)6(3-4)16(9,13)14/h2-3H,1H3. The number of hydrogen-bond acceptors (Lipinski definition) is 5. The largest absolute Gasteiger partial charge is 0.497 e. The molecule has 0 aliphatic heterocycles. The maximum absolute atomic E-state index is 11.2. The van der Waals surface area contributed by atoms with E-state index in [1.54, 1.807) is 0 Å². The Hall–Kier alpha value is -0.860. The molecule has 0 saturated carbocycles. The molecule has 1 aromatic carbocycles. The van der Waals surface area contributed by atoms with Gasteiger partial charge in [-0.25, -0.2) is 8.42 Å². The van der Waals surface area contributed by atoms with Crippen LogP contribution in [0, 0.1) is 10.1 Å². The summed E-state index contributed by atoms with van der Waals surface area (Å²) in [6.07, 6.45) is 0. The van der Waals surface area contributed by atoms with Crippen molar-refractivity contribution in [1.82, 2.24) is 0 Å². The number of hydrogen-bond donors (Lipinski definition) is 0. The first kappa shape index (κ1) is 13.2. The van der Waals surface area contributed by atoms with Crippen molar-refractivity contribution in [2.24, 2.45) is 0 Å². The van der Waals surface area contributed by atoms with Gasteiger partial charge in [0, 0.05) is 22.8 Å². The highest BCUT2D eigenvalue weighted by atomic mass is 79.9. The average molecular weight is 331 g/mol. The second kappa shape index (κ2) is 4.56. The lowest BCUT2D eigenvalue weighted by molar-refractivity contribution is -0.388. The number of nitro groups is 1. The highest BCUT2D eigenvalue weighted by Crippen LogP contribution is 2.37. The molecule has 0 bridgehead atoms. The minimum atomic E-state index is -4.21. The molecule has 0 radical (unpaired) electrons. The summed E-state index contributed by atoms with van der Waals surface area (Å²) < 4.78 is 27.1. The number of nitro benzene ring substituents is 1. The zero-order valence-corrected chi connectivity index (χ0v) is 11.0. The molecule has 88 valence electrons. The minimum Gasteiger partial charge on any atom is -0.497 e. The second-order valence-electron chi connectivity index (χ2n) is 2.65. The smallest absolute Gasteiger partial charge is 0.303 e. The molecule has 6 nitrogen and oxygen atoms in total.